The number of hydrogen-bond acceptors (Lipinski definition) is 2. The molecule has 0 saturated heterocycles. The van der Waals surface area contributed by atoms with Gasteiger partial charge in [0.25, 0.3) is 0 Å². The van der Waals surface area contributed by atoms with Gasteiger partial charge in [-0.05, 0) is 32.4 Å². The third-order valence-corrected chi connectivity index (χ3v) is 2.97. The second-order valence-electron chi connectivity index (χ2n) is 4.57. The Hall–Kier alpha value is -0.860. The lowest BCUT2D eigenvalue weighted by atomic mass is 10.1. The summed E-state index contributed by atoms with van der Waals surface area (Å²) in [5.41, 5.74) is 2.56. The standard InChI is InChI=1S/C15H25NO/c1-5-13(4)17-15(11-16-6-2)14-9-7-8-12(3)10-14/h7-10,13,15-16H,5-6,11H2,1-4H3. The molecule has 1 aromatic rings. The minimum atomic E-state index is 0.157. The van der Waals surface area contributed by atoms with Gasteiger partial charge in [-0.2, -0.15) is 0 Å². The van der Waals surface area contributed by atoms with Crippen LogP contribution in [0.1, 0.15) is 44.4 Å². The van der Waals surface area contributed by atoms with Crippen molar-refractivity contribution in [1.82, 2.24) is 5.32 Å². The molecule has 2 heteroatoms. The van der Waals surface area contributed by atoms with Gasteiger partial charge in [-0.3, -0.25) is 0 Å². The molecule has 1 rings (SSSR count). The molecule has 2 atom stereocenters. The van der Waals surface area contributed by atoms with Gasteiger partial charge >= 0.3 is 0 Å². The van der Waals surface area contributed by atoms with E-state index in [4.69, 9.17) is 4.74 Å². The molecule has 0 fully saturated rings. The van der Waals surface area contributed by atoms with E-state index in [0.29, 0.717) is 6.10 Å². The predicted octanol–water partition coefficient (Wildman–Crippen LogP) is 3.46. The first kappa shape index (κ1) is 14.2. The van der Waals surface area contributed by atoms with Gasteiger partial charge in [-0.1, -0.05) is 43.7 Å². The molecule has 0 aliphatic heterocycles. The molecule has 1 aromatic carbocycles. The average Bonchev–Trinajstić information content (AvgIpc) is 2.34. The maximum atomic E-state index is 6.08. The molecule has 0 heterocycles. The first-order valence-electron chi connectivity index (χ1n) is 6.60. The molecule has 0 saturated carbocycles. The fourth-order valence-electron chi connectivity index (χ4n) is 1.77. The summed E-state index contributed by atoms with van der Waals surface area (Å²) in [6.07, 6.45) is 1.51. The molecule has 0 aliphatic rings. The van der Waals surface area contributed by atoms with Gasteiger partial charge in [-0.15, -0.1) is 0 Å². The molecular formula is C15H25NO. The second kappa shape index (κ2) is 7.46. The van der Waals surface area contributed by atoms with Gasteiger partial charge in [0.05, 0.1) is 12.2 Å². The molecule has 0 radical (unpaired) electrons. The molecule has 0 amide bonds. The molecule has 2 unspecified atom stereocenters. The van der Waals surface area contributed by atoms with Crippen LogP contribution < -0.4 is 5.32 Å². The molecule has 2 nitrogen and oxygen atoms in total. The summed E-state index contributed by atoms with van der Waals surface area (Å²) >= 11 is 0. The highest BCUT2D eigenvalue weighted by Gasteiger charge is 2.14. The zero-order valence-electron chi connectivity index (χ0n) is 11.5. The van der Waals surface area contributed by atoms with Gasteiger partial charge in [0.2, 0.25) is 0 Å². The highest BCUT2D eigenvalue weighted by Crippen LogP contribution is 2.20. The third-order valence-electron chi connectivity index (χ3n) is 2.97. The van der Waals surface area contributed by atoms with Crippen molar-refractivity contribution < 1.29 is 4.74 Å². The minimum Gasteiger partial charge on any atom is -0.369 e. The third kappa shape index (κ3) is 4.88. The van der Waals surface area contributed by atoms with Crippen LogP contribution in [-0.4, -0.2) is 19.2 Å². The zero-order chi connectivity index (χ0) is 12.7. The summed E-state index contributed by atoms with van der Waals surface area (Å²) in [6.45, 7) is 10.4. The van der Waals surface area contributed by atoms with Crippen LogP contribution in [0.5, 0.6) is 0 Å². The van der Waals surface area contributed by atoms with Crippen molar-refractivity contribution in [2.45, 2.75) is 46.3 Å². The molecule has 17 heavy (non-hydrogen) atoms. The van der Waals surface area contributed by atoms with Crippen molar-refractivity contribution in [2.75, 3.05) is 13.1 Å². The molecular weight excluding hydrogens is 210 g/mol. The van der Waals surface area contributed by atoms with Crippen LogP contribution in [0.2, 0.25) is 0 Å². The Kier molecular flexibility index (Phi) is 6.23. The van der Waals surface area contributed by atoms with E-state index < -0.39 is 0 Å². The smallest absolute Gasteiger partial charge is 0.0952 e. The Balaban J connectivity index is 2.74. The first-order chi connectivity index (χ1) is 8.17. The van der Waals surface area contributed by atoms with Crippen molar-refractivity contribution in [2.24, 2.45) is 0 Å². The van der Waals surface area contributed by atoms with Crippen LogP contribution in [0.3, 0.4) is 0 Å². The van der Waals surface area contributed by atoms with E-state index in [1.54, 1.807) is 0 Å². The lowest BCUT2D eigenvalue weighted by molar-refractivity contribution is -0.00427. The van der Waals surface area contributed by atoms with E-state index in [2.05, 4.69) is 57.3 Å². The van der Waals surface area contributed by atoms with Crippen LogP contribution in [0, 0.1) is 6.92 Å². The van der Waals surface area contributed by atoms with E-state index in [-0.39, 0.29) is 6.10 Å². The maximum absolute atomic E-state index is 6.08. The van der Waals surface area contributed by atoms with Gasteiger partial charge < -0.3 is 10.1 Å². The van der Waals surface area contributed by atoms with Crippen LogP contribution in [0.25, 0.3) is 0 Å². The number of rotatable bonds is 7. The summed E-state index contributed by atoms with van der Waals surface area (Å²) in [5.74, 6) is 0. The molecule has 0 aromatic heterocycles. The largest absolute Gasteiger partial charge is 0.369 e. The fraction of sp³-hybridized carbons (Fsp3) is 0.600. The van der Waals surface area contributed by atoms with Crippen molar-refractivity contribution >= 4 is 0 Å². The van der Waals surface area contributed by atoms with Gasteiger partial charge in [0, 0.05) is 6.54 Å². The monoisotopic (exact) mass is 235 g/mol. The quantitative estimate of drug-likeness (QED) is 0.781. The van der Waals surface area contributed by atoms with Crippen molar-refractivity contribution in [3.8, 4) is 0 Å². The van der Waals surface area contributed by atoms with Crippen LogP contribution in [0.4, 0.5) is 0 Å². The van der Waals surface area contributed by atoms with Crippen molar-refractivity contribution in [3.63, 3.8) is 0 Å². The van der Waals surface area contributed by atoms with Gasteiger partial charge in [0.15, 0.2) is 0 Å². The number of benzene rings is 1. The number of ether oxygens (including phenoxy) is 1. The summed E-state index contributed by atoms with van der Waals surface area (Å²) in [7, 11) is 0. The van der Waals surface area contributed by atoms with Gasteiger partial charge in [-0.25, -0.2) is 0 Å². The number of likely N-dealkylation sites (N-methyl/N-ethyl adjacent to an activating group) is 1. The van der Waals surface area contributed by atoms with E-state index in [1.165, 1.54) is 11.1 Å². The lowest BCUT2D eigenvalue weighted by Gasteiger charge is -2.23. The Bertz CT molecular complexity index is 324. The second-order valence-corrected chi connectivity index (χ2v) is 4.57. The number of aryl methyl sites for hydroxylation is 1. The number of nitrogens with one attached hydrogen (secondary N) is 1. The first-order valence-corrected chi connectivity index (χ1v) is 6.60. The SMILES string of the molecule is CCNCC(OC(C)CC)c1cccc(C)c1. The normalized spacial score (nSPS) is 14.6. The Morgan fingerprint density at radius 1 is 1.29 bits per heavy atom. The summed E-state index contributed by atoms with van der Waals surface area (Å²) in [4.78, 5) is 0. The van der Waals surface area contributed by atoms with E-state index in [1.807, 2.05) is 0 Å². The van der Waals surface area contributed by atoms with E-state index >= 15 is 0 Å². The average molecular weight is 235 g/mol. The zero-order valence-corrected chi connectivity index (χ0v) is 11.5. The molecule has 0 spiro atoms. The van der Waals surface area contributed by atoms with Crippen LogP contribution in [0.15, 0.2) is 24.3 Å². The van der Waals surface area contributed by atoms with Crippen LogP contribution in [-0.2, 0) is 4.74 Å². The fourth-order valence-corrected chi connectivity index (χ4v) is 1.77. The molecule has 96 valence electrons. The Morgan fingerprint density at radius 3 is 2.65 bits per heavy atom. The van der Waals surface area contributed by atoms with Crippen molar-refractivity contribution in [3.05, 3.63) is 35.4 Å². The predicted molar refractivity (Wildman–Crippen MR) is 73.3 cm³/mol. The van der Waals surface area contributed by atoms with E-state index in [9.17, 15) is 0 Å². The highest BCUT2D eigenvalue weighted by molar-refractivity contribution is 5.24. The van der Waals surface area contributed by atoms with Crippen LogP contribution >= 0.6 is 0 Å². The maximum Gasteiger partial charge on any atom is 0.0952 e. The summed E-state index contributed by atoms with van der Waals surface area (Å²) < 4.78 is 6.08. The highest BCUT2D eigenvalue weighted by atomic mass is 16.5. The topological polar surface area (TPSA) is 21.3 Å². The minimum absolute atomic E-state index is 0.157. The number of hydrogen-bond donors (Lipinski definition) is 1. The molecule has 1 N–H and O–H groups in total. The van der Waals surface area contributed by atoms with Gasteiger partial charge in [0.1, 0.15) is 0 Å². The lowest BCUT2D eigenvalue weighted by Crippen LogP contribution is -2.25. The molecule has 0 aliphatic carbocycles. The Morgan fingerprint density at radius 2 is 2.06 bits per heavy atom. The van der Waals surface area contributed by atoms with Crippen molar-refractivity contribution in [1.29, 1.82) is 0 Å². The molecule has 0 bridgehead atoms. The Labute approximate surface area is 105 Å². The summed E-state index contributed by atoms with van der Waals surface area (Å²) in [6, 6.07) is 8.59. The van der Waals surface area contributed by atoms with E-state index in [0.717, 1.165) is 19.5 Å². The summed E-state index contributed by atoms with van der Waals surface area (Å²) in [5, 5.41) is 3.37.